The predicted molar refractivity (Wildman–Crippen MR) is 80.3 cm³/mol. The summed E-state index contributed by atoms with van der Waals surface area (Å²) in [5, 5.41) is 3.44. The van der Waals surface area contributed by atoms with Gasteiger partial charge in [-0.15, -0.1) is 0 Å². The summed E-state index contributed by atoms with van der Waals surface area (Å²) in [7, 11) is 0. The fourth-order valence-electron chi connectivity index (χ4n) is 1.67. The molecule has 1 aromatic carbocycles. The topological polar surface area (TPSA) is 37.8 Å². The van der Waals surface area contributed by atoms with Gasteiger partial charge in [0.1, 0.15) is 6.33 Å². The normalized spacial score (nSPS) is 12.6. The smallest absolute Gasteiger partial charge is 0.174 e. The first-order chi connectivity index (χ1) is 8.70. The molecule has 0 aliphatic rings. The molecule has 0 radical (unpaired) electrons. The Bertz CT molecular complexity index is 502. The van der Waals surface area contributed by atoms with Gasteiger partial charge in [-0.2, -0.15) is 4.37 Å². The molecule has 1 unspecified atom stereocenters. The van der Waals surface area contributed by atoms with Crippen LogP contribution < -0.4 is 5.32 Å². The first kappa shape index (κ1) is 14.0. The minimum absolute atomic E-state index is 0.322. The lowest BCUT2D eigenvalue weighted by Crippen LogP contribution is -2.18. The van der Waals surface area contributed by atoms with Crippen molar-refractivity contribution in [2.45, 2.75) is 29.1 Å². The van der Waals surface area contributed by atoms with E-state index < -0.39 is 0 Å². The second-order valence-corrected chi connectivity index (χ2v) is 6.76. The Morgan fingerprint density at radius 3 is 3.00 bits per heavy atom. The highest BCUT2D eigenvalue weighted by Crippen LogP contribution is 2.35. The molecule has 1 heterocycles. The van der Waals surface area contributed by atoms with E-state index in [0.29, 0.717) is 6.04 Å². The zero-order chi connectivity index (χ0) is 13.0. The zero-order valence-corrected chi connectivity index (χ0v) is 13.4. The molecule has 0 saturated heterocycles. The standard InChI is InChI=1S/C12H14BrN3S2/c1-3-14-8(2)10-6-9(13)4-5-11(10)17-12-15-7-16-18-12/h4-8,14H,3H2,1-2H3. The largest absolute Gasteiger partial charge is 0.310 e. The molecule has 18 heavy (non-hydrogen) atoms. The lowest BCUT2D eigenvalue weighted by Gasteiger charge is -2.16. The van der Waals surface area contributed by atoms with E-state index in [9.17, 15) is 0 Å². The van der Waals surface area contributed by atoms with Crippen molar-refractivity contribution in [3.63, 3.8) is 0 Å². The summed E-state index contributed by atoms with van der Waals surface area (Å²) in [4.78, 5) is 5.44. The number of benzene rings is 1. The van der Waals surface area contributed by atoms with Crippen LogP contribution in [-0.4, -0.2) is 15.9 Å². The maximum atomic E-state index is 4.22. The highest BCUT2D eigenvalue weighted by molar-refractivity contribution is 9.10. The third kappa shape index (κ3) is 3.54. The van der Waals surface area contributed by atoms with E-state index in [1.54, 1.807) is 18.1 Å². The second kappa shape index (κ2) is 6.65. The number of halogens is 1. The molecule has 0 fully saturated rings. The molecule has 2 rings (SSSR count). The van der Waals surface area contributed by atoms with E-state index in [4.69, 9.17) is 0 Å². The van der Waals surface area contributed by atoms with Gasteiger partial charge in [-0.05, 0) is 48.8 Å². The molecular weight excluding hydrogens is 330 g/mol. The first-order valence-corrected chi connectivity index (χ1v) is 8.06. The Labute approximate surface area is 124 Å². The molecule has 96 valence electrons. The predicted octanol–water partition coefficient (Wildman–Crippen LogP) is 4.12. The summed E-state index contributed by atoms with van der Waals surface area (Å²) in [5.41, 5.74) is 1.28. The molecule has 0 aliphatic carbocycles. The van der Waals surface area contributed by atoms with Crippen LogP contribution in [0.2, 0.25) is 0 Å². The number of nitrogens with one attached hydrogen (secondary N) is 1. The van der Waals surface area contributed by atoms with E-state index in [1.165, 1.54) is 22.0 Å². The molecule has 0 spiro atoms. The van der Waals surface area contributed by atoms with Crippen LogP contribution >= 0.6 is 39.2 Å². The van der Waals surface area contributed by atoms with Crippen molar-refractivity contribution in [1.29, 1.82) is 0 Å². The molecule has 6 heteroatoms. The van der Waals surface area contributed by atoms with Gasteiger partial charge in [-0.25, -0.2) is 4.98 Å². The Morgan fingerprint density at radius 2 is 2.33 bits per heavy atom. The number of aromatic nitrogens is 2. The monoisotopic (exact) mass is 343 g/mol. The van der Waals surface area contributed by atoms with Crippen molar-refractivity contribution in [3.05, 3.63) is 34.6 Å². The second-order valence-electron chi connectivity index (χ2n) is 3.77. The van der Waals surface area contributed by atoms with Crippen molar-refractivity contribution in [2.75, 3.05) is 6.54 Å². The van der Waals surface area contributed by atoms with Crippen molar-refractivity contribution >= 4 is 39.2 Å². The maximum Gasteiger partial charge on any atom is 0.174 e. The van der Waals surface area contributed by atoms with E-state index in [0.717, 1.165) is 15.4 Å². The fourth-order valence-corrected chi connectivity index (χ4v) is 3.65. The molecule has 2 aromatic rings. The lowest BCUT2D eigenvalue weighted by atomic mass is 10.1. The van der Waals surface area contributed by atoms with Crippen LogP contribution in [0.5, 0.6) is 0 Å². The molecular formula is C12H14BrN3S2. The minimum atomic E-state index is 0.322. The molecule has 0 amide bonds. The van der Waals surface area contributed by atoms with Crippen LogP contribution in [0.25, 0.3) is 0 Å². The molecule has 3 nitrogen and oxygen atoms in total. The van der Waals surface area contributed by atoms with Crippen molar-refractivity contribution in [1.82, 2.24) is 14.7 Å². The molecule has 0 aliphatic heterocycles. The van der Waals surface area contributed by atoms with Gasteiger partial charge in [-0.1, -0.05) is 34.6 Å². The van der Waals surface area contributed by atoms with Crippen molar-refractivity contribution < 1.29 is 0 Å². The van der Waals surface area contributed by atoms with Gasteiger partial charge in [0.15, 0.2) is 4.34 Å². The Kier molecular flexibility index (Phi) is 5.17. The molecule has 0 bridgehead atoms. The number of hydrogen-bond donors (Lipinski definition) is 1. The van der Waals surface area contributed by atoms with Crippen LogP contribution in [0.4, 0.5) is 0 Å². The van der Waals surface area contributed by atoms with Gasteiger partial charge in [-0.3, -0.25) is 0 Å². The summed E-state index contributed by atoms with van der Waals surface area (Å²) < 4.78 is 6.11. The van der Waals surface area contributed by atoms with Crippen LogP contribution in [0, 0.1) is 0 Å². The fraction of sp³-hybridized carbons (Fsp3) is 0.333. The summed E-state index contributed by atoms with van der Waals surface area (Å²) in [6.07, 6.45) is 1.60. The summed E-state index contributed by atoms with van der Waals surface area (Å²) in [6.45, 7) is 5.25. The third-order valence-electron chi connectivity index (χ3n) is 2.49. The highest BCUT2D eigenvalue weighted by Gasteiger charge is 2.12. The Hall–Kier alpha value is -0.430. The maximum absolute atomic E-state index is 4.22. The lowest BCUT2D eigenvalue weighted by molar-refractivity contribution is 0.589. The quantitative estimate of drug-likeness (QED) is 0.885. The highest BCUT2D eigenvalue weighted by atomic mass is 79.9. The van der Waals surface area contributed by atoms with E-state index in [-0.39, 0.29) is 0 Å². The summed E-state index contributed by atoms with van der Waals surface area (Å²) >= 11 is 6.62. The van der Waals surface area contributed by atoms with Crippen LogP contribution in [-0.2, 0) is 0 Å². The SMILES string of the molecule is CCNC(C)c1cc(Br)ccc1Sc1ncns1. The Balaban J connectivity index is 2.28. The van der Waals surface area contributed by atoms with Crippen LogP contribution in [0.15, 0.2) is 38.2 Å². The van der Waals surface area contributed by atoms with Gasteiger partial charge in [0.05, 0.1) is 0 Å². The van der Waals surface area contributed by atoms with E-state index in [2.05, 4.69) is 62.7 Å². The van der Waals surface area contributed by atoms with Crippen molar-refractivity contribution in [2.24, 2.45) is 0 Å². The van der Waals surface area contributed by atoms with Crippen LogP contribution in [0.1, 0.15) is 25.5 Å². The van der Waals surface area contributed by atoms with Gasteiger partial charge in [0.25, 0.3) is 0 Å². The average molecular weight is 344 g/mol. The van der Waals surface area contributed by atoms with E-state index >= 15 is 0 Å². The molecule has 1 N–H and O–H groups in total. The van der Waals surface area contributed by atoms with E-state index in [1.807, 2.05) is 0 Å². The van der Waals surface area contributed by atoms with Gasteiger partial charge < -0.3 is 5.32 Å². The van der Waals surface area contributed by atoms with Gasteiger partial charge in [0, 0.05) is 15.4 Å². The third-order valence-corrected chi connectivity index (χ3v) is 4.79. The van der Waals surface area contributed by atoms with Gasteiger partial charge >= 0.3 is 0 Å². The minimum Gasteiger partial charge on any atom is -0.310 e. The average Bonchev–Trinajstić information content (AvgIpc) is 2.84. The molecule has 1 aromatic heterocycles. The van der Waals surface area contributed by atoms with Gasteiger partial charge in [0.2, 0.25) is 0 Å². The van der Waals surface area contributed by atoms with Crippen molar-refractivity contribution in [3.8, 4) is 0 Å². The molecule has 1 atom stereocenters. The summed E-state index contributed by atoms with van der Waals surface area (Å²) in [6, 6.07) is 6.67. The van der Waals surface area contributed by atoms with Crippen LogP contribution in [0.3, 0.4) is 0 Å². The summed E-state index contributed by atoms with van der Waals surface area (Å²) in [5.74, 6) is 0. The number of hydrogen-bond acceptors (Lipinski definition) is 5. The molecule has 0 saturated carbocycles. The number of nitrogens with zero attached hydrogens (tertiary/aromatic N) is 2. The number of rotatable bonds is 5. The first-order valence-electron chi connectivity index (χ1n) is 5.68. The Morgan fingerprint density at radius 1 is 1.50 bits per heavy atom. The zero-order valence-electron chi connectivity index (χ0n) is 10.2.